The molecule has 5 heteroatoms. The van der Waals surface area contributed by atoms with E-state index in [-0.39, 0.29) is 5.92 Å². The quantitative estimate of drug-likeness (QED) is 0.599. The zero-order valence-electron chi connectivity index (χ0n) is 7.83. The summed E-state index contributed by atoms with van der Waals surface area (Å²) in [6, 6.07) is 0. The maximum Gasteiger partial charge on any atom is 0.317 e. The molecule has 0 aliphatic carbocycles. The highest BCUT2D eigenvalue weighted by Gasteiger charge is 2.30. The molecular formula is C8H14F2N2O. The Morgan fingerprint density at radius 3 is 2.62 bits per heavy atom. The zero-order chi connectivity index (χ0) is 10.0. The topological polar surface area (TPSA) is 23.6 Å². The second kappa shape index (κ2) is 4.00. The number of rotatable bonds is 2. The van der Waals surface area contributed by atoms with E-state index in [1.807, 2.05) is 11.9 Å². The van der Waals surface area contributed by atoms with Gasteiger partial charge in [-0.2, -0.15) is 8.78 Å². The highest BCUT2D eigenvalue weighted by atomic mass is 19.3. The summed E-state index contributed by atoms with van der Waals surface area (Å²) in [6.07, 6.45) is 0.687. The third-order valence-corrected chi connectivity index (χ3v) is 2.38. The summed E-state index contributed by atoms with van der Waals surface area (Å²) in [6.45, 7) is -1.28. The van der Waals surface area contributed by atoms with Gasteiger partial charge in [0.1, 0.15) is 0 Å². The maximum absolute atomic E-state index is 12.1. The molecule has 1 atom stereocenters. The minimum absolute atomic E-state index is 0.246. The molecule has 0 spiro atoms. The molecule has 0 aromatic heterocycles. The van der Waals surface area contributed by atoms with Crippen LogP contribution in [0.3, 0.4) is 0 Å². The van der Waals surface area contributed by atoms with E-state index in [0.29, 0.717) is 17.9 Å². The van der Waals surface area contributed by atoms with Crippen LogP contribution in [0, 0.1) is 5.92 Å². The molecule has 1 aliphatic rings. The zero-order valence-corrected chi connectivity index (χ0v) is 7.83. The SMILES string of the molecule is CN1CCC(C(=O)N(C)C(F)F)C1. The molecular weight excluding hydrogens is 178 g/mol. The van der Waals surface area contributed by atoms with Crippen LogP contribution in [0.25, 0.3) is 0 Å². The van der Waals surface area contributed by atoms with E-state index in [1.165, 1.54) is 0 Å². The van der Waals surface area contributed by atoms with Crippen LogP contribution in [0.5, 0.6) is 0 Å². The van der Waals surface area contributed by atoms with Crippen molar-refractivity contribution in [3.63, 3.8) is 0 Å². The summed E-state index contributed by atoms with van der Waals surface area (Å²) < 4.78 is 24.2. The number of hydrogen-bond donors (Lipinski definition) is 0. The number of nitrogens with zero attached hydrogens (tertiary/aromatic N) is 2. The van der Waals surface area contributed by atoms with Gasteiger partial charge in [-0.3, -0.25) is 9.69 Å². The van der Waals surface area contributed by atoms with Gasteiger partial charge in [-0.1, -0.05) is 0 Å². The Labute approximate surface area is 76.3 Å². The molecule has 1 rings (SSSR count). The van der Waals surface area contributed by atoms with E-state index >= 15 is 0 Å². The van der Waals surface area contributed by atoms with Crippen LogP contribution in [0.2, 0.25) is 0 Å². The first kappa shape index (κ1) is 10.4. The lowest BCUT2D eigenvalue weighted by Crippen LogP contribution is -2.37. The van der Waals surface area contributed by atoms with Crippen molar-refractivity contribution in [2.24, 2.45) is 5.92 Å². The van der Waals surface area contributed by atoms with Crippen molar-refractivity contribution < 1.29 is 13.6 Å². The fraction of sp³-hybridized carbons (Fsp3) is 0.875. The maximum atomic E-state index is 12.1. The van der Waals surface area contributed by atoms with Gasteiger partial charge in [-0.25, -0.2) is 0 Å². The highest BCUT2D eigenvalue weighted by molar-refractivity contribution is 5.79. The molecule has 13 heavy (non-hydrogen) atoms. The van der Waals surface area contributed by atoms with Crippen LogP contribution in [0.15, 0.2) is 0 Å². The molecule has 76 valence electrons. The molecule has 1 unspecified atom stereocenters. The lowest BCUT2D eigenvalue weighted by Gasteiger charge is -2.19. The predicted molar refractivity (Wildman–Crippen MR) is 44.4 cm³/mol. The number of carbonyl (C=O) groups is 1. The fourth-order valence-corrected chi connectivity index (χ4v) is 1.52. The molecule has 1 heterocycles. The van der Waals surface area contributed by atoms with E-state index in [0.717, 1.165) is 13.6 Å². The predicted octanol–water partition coefficient (Wildman–Crippen LogP) is 0.619. The minimum Gasteiger partial charge on any atom is -0.306 e. The summed E-state index contributed by atoms with van der Waals surface area (Å²) in [5.74, 6) is -0.691. The van der Waals surface area contributed by atoms with Crippen molar-refractivity contribution >= 4 is 5.91 Å². The first-order chi connectivity index (χ1) is 6.02. The summed E-state index contributed by atoms with van der Waals surface area (Å²) in [5.41, 5.74) is 0. The fourth-order valence-electron chi connectivity index (χ4n) is 1.52. The molecule has 0 aromatic carbocycles. The van der Waals surface area contributed by atoms with Gasteiger partial charge in [0, 0.05) is 13.6 Å². The van der Waals surface area contributed by atoms with Crippen LogP contribution in [-0.2, 0) is 4.79 Å². The van der Waals surface area contributed by atoms with Gasteiger partial charge in [-0.15, -0.1) is 0 Å². The van der Waals surface area contributed by atoms with E-state index in [2.05, 4.69) is 0 Å². The van der Waals surface area contributed by atoms with Crippen molar-refractivity contribution in [2.45, 2.75) is 13.0 Å². The van der Waals surface area contributed by atoms with Crippen molar-refractivity contribution in [1.82, 2.24) is 9.80 Å². The van der Waals surface area contributed by atoms with Crippen LogP contribution in [0.1, 0.15) is 6.42 Å². The molecule has 0 radical (unpaired) electrons. The Morgan fingerprint density at radius 2 is 2.23 bits per heavy atom. The Morgan fingerprint density at radius 1 is 1.62 bits per heavy atom. The Kier molecular flexibility index (Phi) is 3.19. The number of likely N-dealkylation sites (tertiary alicyclic amines) is 1. The molecule has 0 bridgehead atoms. The molecule has 1 aliphatic heterocycles. The van der Waals surface area contributed by atoms with E-state index in [4.69, 9.17) is 0 Å². The van der Waals surface area contributed by atoms with Crippen LogP contribution < -0.4 is 0 Å². The van der Waals surface area contributed by atoms with E-state index in [9.17, 15) is 13.6 Å². The summed E-state index contributed by atoms with van der Waals surface area (Å²) in [7, 11) is 3.03. The Balaban J connectivity index is 2.48. The Hall–Kier alpha value is -0.710. The van der Waals surface area contributed by atoms with Crippen LogP contribution in [0.4, 0.5) is 8.78 Å². The number of amides is 1. The van der Waals surface area contributed by atoms with Crippen molar-refractivity contribution in [3.05, 3.63) is 0 Å². The highest BCUT2D eigenvalue weighted by Crippen LogP contribution is 2.18. The normalized spacial score (nSPS) is 23.9. The third-order valence-electron chi connectivity index (χ3n) is 2.38. The third kappa shape index (κ3) is 2.37. The van der Waals surface area contributed by atoms with Crippen LogP contribution >= 0.6 is 0 Å². The largest absolute Gasteiger partial charge is 0.317 e. The van der Waals surface area contributed by atoms with Gasteiger partial charge in [0.05, 0.1) is 5.92 Å². The molecule has 3 nitrogen and oxygen atoms in total. The van der Waals surface area contributed by atoms with Gasteiger partial charge in [0.15, 0.2) is 0 Å². The second-order valence-electron chi connectivity index (χ2n) is 3.47. The molecule has 1 fully saturated rings. The van der Waals surface area contributed by atoms with Crippen molar-refractivity contribution in [1.29, 1.82) is 0 Å². The van der Waals surface area contributed by atoms with E-state index in [1.54, 1.807) is 0 Å². The molecule has 0 saturated carbocycles. The van der Waals surface area contributed by atoms with E-state index < -0.39 is 12.5 Å². The first-order valence-electron chi connectivity index (χ1n) is 4.25. The Bertz CT molecular complexity index is 199. The second-order valence-corrected chi connectivity index (χ2v) is 3.47. The number of carbonyl (C=O) groups excluding carboxylic acids is 1. The smallest absolute Gasteiger partial charge is 0.306 e. The van der Waals surface area contributed by atoms with Crippen molar-refractivity contribution in [2.75, 3.05) is 27.2 Å². The van der Waals surface area contributed by atoms with Crippen molar-refractivity contribution in [3.8, 4) is 0 Å². The summed E-state index contributed by atoms with van der Waals surface area (Å²) in [5, 5.41) is 0. The summed E-state index contributed by atoms with van der Waals surface area (Å²) >= 11 is 0. The summed E-state index contributed by atoms with van der Waals surface area (Å²) in [4.78, 5) is 13.8. The minimum atomic E-state index is -2.68. The standard InChI is InChI=1S/C8H14F2N2O/c1-11-4-3-6(5-11)7(13)12(2)8(9)10/h6,8H,3-5H2,1-2H3. The average molecular weight is 192 g/mol. The van der Waals surface area contributed by atoms with Gasteiger partial charge < -0.3 is 4.90 Å². The molecule has 0 N–H and O–H groups in total. The monoisotopic (exact) mass is 192 g/mol. The lowest BCUT2D eigenvalue weighted by atomic mass is 10.1. The van der Waals surface area contributed by atoms with Gasteiger partial charge in [0.25, 0.3) is 0 Å². The molecule has 1 saturated heterocycles. The van der Waals surface area contributed by atoms with Gasteiger partial charge >= 0.3 is 6.55 Å². The average Bonchev–Trinajstić information content (AvgIpc) is 2.49. The van der Waals surface area contributed by atoms with Gasteiger partial charge in [-0.05, 0) is 20.0 Å². The molecule has 0 aromatic rings. The number of alkyl halides is 2. The number of halogens is 2. The molecule has 1 amide bonds. The lowest BCUT2D eigenvalue weighted by molar-refractivity contribution is -0.145. The first-order valence-corrected chi connectivity index (χ1v) is 4.25. The number of hydrogen-bond acceptors (Lipinski definition) is 2. The van der Waals surface area contributed by atoms with Crippen LogP contribution in [-0.4, -0.2) is 49.4 Å². The van der Waals surface area contributed by atoms with Gasteiger partial charge in [0.2, 0.25) is 5.91 Å².